The fourth-order valence-electron chi connectivity index (χ4n) is 2.32. The summed E-state index contributed by atoms with van der Waals surface area (Å²) in [4.78, 5) is 4.16. The smallest absolute Gasteiger partial charge is 0.0584 e. The summed E-state index contributed by atoms with van der Waals surface area (Å²) in [6.07, 6.45) is 9.79. The van der Waals surface area contributed by atoms with Crippen molar-refractivity contribution in [1.82, 2.24) is 10.4 Å². The second-order valence-electron chi connectivity index (χ2n) is 4.03. The zero-order valence-corrected chi connectivity index (χ0v) is 10.8. The summed E-state index contributed by atoms with van der Waals surface area (Å²) >= 11 is 0. The Hall–Kier alpha value is -0.350. The van der Waals surface area contributed by atoms with Crippen LogP contribution < -0.4 is 11.3 Å². The third-order valence-electron chi connectivity index (χ3n) is 3.20. The molecule has 3 nitrogen and oxygen atoms in total. The fraction of sp³-hybridized carbons (Fsp3) is 0.545. The summed E-state index contributed by atoms with van der Waals surface area (Å²) in [7, 11) is 0. The summed E-state index contributed by atoms with van der Waals surface area (Å²) in [5.41, 5.74) is 4.20. The van der Waals surface area contributed by atoms with Gasteiger partial charge in [0.1, 0.15) is 0 Å². The topological polar surface area (TPSA) is 50.9 Å². The molecule has 3 N–H and O–H groups in total. The Balaban J connectivity index is 0.00000112. The third-order valence-corrected chi connectivity index (χ3v) is 3.20. The van der Waals surface area contributed by atoms with Crippen LogP contribution in [0.5, 0.6) is 0 Å². The summed E-state index contributed by atoms with van der Waals surface area (Å²) in [5, 5.41) is 0. The Labute approximate surface area is 109 Å². The summed E-state index contributed by atoms with van der Waals surface area (Å²) < 4.78 is 0. The van der Waals surface area contributed by atoms with Crippen molar-refractivity contribution in [3.63, 3.8) is 0 Å². The molecule has 0 saturated heterocycles. The van der Waals surface area contributed by atoms with E-state index >= 15 is 0 Å². The van der Waals surface area contributed by atoms with Gasteiger partial charge in [-0.25, -0.2) is 5.43 Å². The van der Waals surface area contributed by atoms with E-state index in [1.165, 1.54) is 24.8 Å². The minimum atomic E-state index is -0.0213. The standard InChI is InChI=1S/C11H17N3.2ClH/c12-14-11(6-2-1-3-7-11)10-5-4-8-13-9-10;;/h4-5,8-9,14H,1-3,6-7,12H2;2*1H. The molecule has 1 heterocycles. The molecule has 1 aromatic rings. The van der Waals surface area contributed by atoms with Gasteiger partial charge in [-0.05, 0) is 24.5 Å². The van der Waals surface area contributed by atoms with Gasteiger partial charge < -0.3 is 0 Å². The van der Waals surface area contributed by atoms with Crippen molar-refractivity contribution in [2.75, 3.05) is 0 Å². The normalized spacial score (nSPS) is 18.1. The van der Waals surface area contributed by atoms with Gasteiger partial charge >= 0.3 is 0 Å². The Morgan fingerprint density at radius 2 is 1.88 bits per heavy atom. The fourth-order valence-corrected chi connectivity index (χ4v) is 2.32. The number of nitrogens with zero attached hydrogens (tertiary/aromatic N) is 1. The van der Waals surface area contributed by atoms with Crippen LogP contribution in [-0.2, 0) is 5.54 Å². The maximum Gasteiger partial charge on any atom is 0.0584 e. The number of hydrogen-bond donors (Lipinski definition) is 2. The molecule has 5 heteroatoms. The van der Waals surface area contributed by atoms with Crippen LogP contribution in [0.15, 0.2) is 24.5 Å². The van der Waals surface area contributed by atoms with Gasteiger partial charge in [0, 0.05) is 12.4 Å². The van der Waals surface area contributed by atoms with Crippen LogP contribution in [0.1, 0.15) is 37.7 Å². The second kappa shape index (κ2) is 7.07. The average molecular weight is 264 g/mol. The van der Waals surface area contributed by atoms with E-state index in [1.54, 1.807) is 6.20 Å². The molecule has 0 aliphatic heterocycles. The number of nitrogens with two attached hydrogens (primary N) is 1. The number of hydrazine groups is 1. The number of halogens is 2. The van der Waals surface area contributed by atoms with E-state index in [2.05, 4.69) is 16.5 Å². The van der Waals surface area contributed by atoms with E-state index in [1.807, 2.05) is 12.3 Å². The van der Waals surface area contributed by atoms with Crippen LogP contribution in [0, 0.1) is 0 Å². The Morgan fingerprint density at radius 3 is 2.38 bits per heavy atom. The molecule has 0 bridgehead atoms. The largest absolute Gasteiger partial charge is 0.271 e. The lowest BCUT2D eigenvalue weighted by Gasteiger charge is -2.36. The van der Waals surface area contributed by atoms with Crippen LogP contribution in [0.25, 0.3) is 0 Å². The van der Waals surface area contributed by atoms with Crippen molar-refractivity contribution in [3.8, 4) is 0 Å². The predicted molar refractivity (Wildman–Crippen MR) is 70.8 cm³/mol. The van der Waals surface area contributed by atoms with Crippen molar-refractivity contribution in [3.05, 3.63) is 30.1 Å². The lowest BCUT2D eigenvalue weighted by Crippen LogP contribution is -2.48. The number of rotatable bonds is 2. The SMILES string of the molecule is Cl.Cl.NNC1(c2cccnc2)CCCCC1. The molecule has 1 aliphatic rings. The average Bonchev–Trinajstić information content (AvgIpc) is 2.31. The molecular formula is C11H19Cl2N3. The molecule has 1 fully saturated rings. The highest BCUT2D eigenvalue weighted by Gasteiger charge is 2.32. The van der Waals surface area contributed by atoms with Gasteiger partial charge in [0.25, 0.3) is 0 Å². The maximum atomic E-state index is 5.69. The van der Waals surface area contributed by atoms with Crippen LogP contribution in [0.4, 0.5) is 0 Å². The number of pyridine rings is 1. The highest BCUT2D eigenvalue weighted by atomic mass is 35.5. The van der Waals surface area contributed by atoms with Gasteiger partial charge in [-0.15, -0.1) is 24.8 Å². The Kier molecular flexibility index (Phi) is 6.91. The van der Waals surface area contributed by atoms with Crippen LogP contribution in [-0.4, -0.2) is 4.98 Å². The summed E-state index contributed by atoms with van der Waals surface area (Å²) in [6.45, 7) is 0. The number of nitrogens with one attached hydrogen (secondary N) is 1. The Bertz CT molecular complexity index is 287. The summed E-state index contributed by atoms with van der Waals surface area (Å²) in [5.74, 6) is 5.69. The molecule has 0 spiro atoms. The molecule has 0 unspecified atom stereocenters. The van der Waals surface area contributed by atoms with E-state index in [-0.39, 0.29) is 30.4 Å². The van der Waals surface area contributed by atoms with Crippen LogP contribution >= 0.6 is 24.8 Å². The zero-order chi connectivity index (χ0) is 9.86. The molecule has 16 heavy (non-hydrogen) atoms. The molecule has 0 atom stereocenters. The van der Waals surface area contributed by atoms with Crippen molar-refractivity contribution in [2.45, 2.75) is 37.6 Å². The van der Waals surface area contributed by atoms with Crippen LogP contribution in [0.3, 0.4) is 0 Å². The highest BCUT2D eigenvalue weighted by Crippen LogP contribution is 2.35. The lowest BCUT2D eigenvalue weighted by molar-refractivity contribution is 0.236. The number of aromatic nitrogens is 1. The Morgan fingerprint density at radius 1 is 1.19 bits per heavy atom. The van der Waals surface area contributed by atoms with Crippen molar-refractivity contribution in [2.24, 2.45) is 5.84 Å². The first-order valence-electron chi connectivity index (χ1n) is 5.26. The van der Waals surface area contributed by atoms with Gasteiger partial charge in [-0.2, -0.15) is 0 Å². The molecule has 1 aromatic heterocycles. The first-order chi connectivity index (χ1) is 6.87. The molecule has 92 valence electrons. The predicted octanol–water partition coefficient (Wildman–Crippen LogP) is 2.55. The molecule has 1 saturated carbocycles. The van der Waals surface area contributed by atoms with E-state index in [9.17, 15) is 0 Å². The van der Waals surface area contributed by atoms with Gasteiger partial charge in [0.15, 0.2) is 0 Å². The molecule has 0 aromatic carbocycles. The van der Waals surface area contributed by atoms with Crippen molar-refractivity contribution in [1.29, 1.82) is 0 Å². The summed E-state index contributed by atoms with van der Waals surface area (Å²) in [6, 6.07) is 4.08. The maximum absolute atomic E-state index is 5.69. The molecular weight excluding hydrogens is 245 g/mol. The number of hydrogen-bond acceptors (Lipinski definition) is 3. The first-order valence-corrected chi connectivity index (χ1v) is 5.26. The highest BCUT2D eigenvalue weighted by molar-refractivity contribution is 5.85. The minimum absolute atomic E-state index is 0. The first kappa shape index (κ1) is 15.7. The van der Waals surface area contributed by atoms with Gasteiger partial charge in [-0.1, -0.05) is 25.3 Å². The monoisotopic (exact) mass is 263 g/mol. The quantitative estimate of drug-likeness (QED) is 0.637. The molecule has 0 amide bonds. The van der Waals surface area contributed by atoms with Crippen LogP contribution in [0.2, 0.25) is 0 Å². The van der Waals surface area contributed by atoms with E-state index in [4.69, 9.17) is 5.84 Å². The molecule has 0 radical (unpaired) electrons. The van der Waals surface area contributed by atoms with E-state index < -0.39 is 0 Å². The van der Waals surface area contributed by atoms with Gasteiger partial charge in [0.05, 0.1) is 5.54 Å². The third kappa shape index (κ3) is 3.08. The van der Waals surface area contributed by atoms with Gasteiger partial charge in [-0.3, -0.25) is 10.8 Å². The van der Waals surface area contributed by atoms with E-state index in [0.29, 0.717) is 0 Å². The van der Waals surface area contributed by atoms with Crippen molar-refractivity contribution >= 4 is 24.8 Å². The minimum Gasteiger partial charge on any atom is -0.271 e. The molecule has 1 aliphatic carbocycles. The second-order valence-corrected chi connectivity index (χ2v) is 4.03. The molecule has 2 rings (SSSR count). The van der Waals surface area contributed by atoms with E-state index in [0.717, 1.165) is 12.8 Å². The van der Waals surface area contributed by atoms with Crippen molar-refractivity contribution < 1.29 is 0 Å². The lowest BCUT2D eigenvalue weighted by atomic mass is 9.78. The van der Waals surface area contributed by atoms with Gasteiger partial charge in [0.2, 0.25) is 0 Å². The zero-order valence-electron chi connectivity index (χ0n) is 9.19.